The molecule has 6 unspecified atom stereocenters. The fourth-order valence-corrected chi connectivity index (χ4v) is 11.6. The van der Waals surface area contributed by atoms with Crippen LogP contribution >= 0.6 is 23.5 Å². The van der Waals surface area contributed by atoms with Gasteiger partial charge < -0.3 is 26.4 Å². The van der Waals surface area contributed by atoms with Crippen LogP contribution in [0, 0.1) is 0 Å². The van der Waals surface area contributed by atoms with Gasteiger partial charge in [-0.2, -0.15) is 23.5 Å². The quantitative estimate of drug-likeness (QED) is 0.0410. The fourth-order valence-electron chi connectivity index (χ4n) is 8.53. The first-order valence-electron chi connectivity index (χ1n) is 21.2. The van der Waals surface area contributed by atoms with Crippen molar-refractivity contribution in [3.05, 3.63) is 35.4 Å². The van der Waals surface area contributed by atoms with Crippen LogP contribution in [0.15, 0.2) is 24.3 Å². The van der Waals surface area contributed by atoms with Crippen LogP contribution in [-0.4, -0.2) is 98.9 Å². The van der Waals surface area contributed by atoms with E-state index < -0.39 is 5.97 Å². The number of carboxylic acids is 1. The zero-order valence-corrected chi connectivity index (χ0v) is 34.3. The normalized spacial score (nSPS) is 23.9. The lowest BCUT2D eigenvalue weighted by molar-refractivity contribution is -0.120. The van der Waals surface area contributed by atoms with Gasteiger partial charge in [0, 0.05) is 54.2 Å². The number of benzene rings is 1. The Morgan fingerprint density at radius 3 is 1.45 bits per heavy atom. The molecule has 5 rings (SSSR count). The highest BCUT2D eigenvalue weighted by Gasteiger charge is 2.43. The van der Waals surface area contributed by atoms with E-state index in [9.17, 15) is 29.1 Å². The van der Waals surface area contributed by atoms with E-state index in [-0.39, 0.29) is 36.2 Å². The predicted octanol–water partition coefficient (Wildman–Crippen LogP) is 7.46. The lowest BCUT2D eigenvalue weighted by Crippen LogP contribution is -2.36. The van der Waals surface area contributed by atoms with Crippen LogP contribution in [0.5, 0.6) is 0 Å². The molecule has 4 heterocycles. The van der Waals surface area contributed by atoms with Gasteiger partial charge in [0.15, 0.2) is 0 Å². The van der Waals surface area contributed by atoms with Gasteiger partial charge in [-0.1, -0.05) is 63.5 Å². The number of rotatable bonds is 29. The molecule has 5 N–H and O–H groups in total. The Hall–Kier alpha value is -2.77. The summed E-state index contributed by atoms with van der Waals surface area (Å²) in [6, 6.07) is 8.14. The van der Waals surface area contributed by atoms with Gasteiger partial charge in [0.05, 0.1) is 29.7 Å². The van der Waals surface area contributed by atoms with E-state index in [1.54, 1.807) is 12.1 Å². The Morgan fingerprint density at radius 2 is 1.00 bits per heavy atom. The van der Waals surface area contributed by atoms with Crippen molar-refractivity contribution in [1.82, 2.24) is 26.2 Å². The molecule has 1 aromatic carbocycles. The molecule has 4 fully saturated rings. The number of unbranched alkanes of at least 4 members (excludes halogenated alkanes) is 10. The number of ketones is 2. The lowest BCUT2D eigenvalue weighted by atomic mass is 10.0. The second-order valence-corrected chi connectivity index (χ2v) is 18.7. The van der Waals surface area contributed by atoms with Gasteiger partial charge in [-0.3, -0.25) is 14.5 Å². The van der Waals surface area contributed by atoms with Gasteiger partial charge in [0.2, 0.25) is 0 Å². The molecule has 6 atom stereocenters. The first-order valence-corrected chi connectivity index (χ1v) is 23.3. The van der Waals surface area contributed by atoms with Gasteiger partial charge in [-0.25, -0.2) is 14.4 Å². The number of Topliss-reactive ketones (excluding diaryl/α,β-unsaturated/α-hetero) is 2. The molecule has 4 aliphatic heterocycles. The number of hydrogen-bond acceptors (Lipinski definition) is 8. The van der Waals surface area contributed by atoms with Crippen molar-refractivity contribution >= 4 is 53.1 Å². The number of carboxylic acid groups (broad SMARTS) is 1. The first kappa shape index (κ1) is 43.4. The molecule has 0 aromatic heterocycles. The zero-order valence-electron chi connectivity index (χ0n) is 32.7. The van der Waals surface area contributed by atoms with Gasteiger partial charge in [0.1, 0.15) is 11.6 Å². The molecule has 4 saturated heterocycles. The summed E-state index contributed by atoms with van der Waals surface area (Å²) < 4.78 is 0. The van der Waals surface area contributed by atoms with Gasteiger partial charge in [-0.15, -0.1) is 0 Å². The van der Waals surface area contributed by atoms with Gasteiger partial charge in [-0.05, 0) is 82.2 Å². The molecular formula is C42H65N5O6S2. The summed E-state index contributed by atoms with van der Waals surface area (Å²) >= 11 is 3.87. The maximum atomic E-state index is 12.5. The third kappa shape index (κ3) is 14.9. The molecular weight excluding hydrogens is 735 g/mol. The highest BCUT2D eigenvalue weighted by atomic mass is 32.2. The number of carbonyl (C=O) groups excluding carboxylic acids is 4. The number of nitrogens with zero attached hydrogens (tertiary/aromatic N) is 1. The molecule has 11 nitrogen and oxygen atoms in total. The Balaban J connectivity index is 0.873. The van der Waals surface area contributed by atoms with Crippen molar-refractivity contribution in [2.24, 2.45) is 0 Å². The molecule has 0 saturated carbocycles. The molecule has 55 heavy (non-hydrogen) atoms. The molecule has 0 radical (unpaired) electrons. The number of aromatic carboxylic acids is 1. The summed E-state index contributed by atoms with van der Waals surface area (Å²) in [5, 5.41) is 22.3. The second-order valence-electron chi connectivity index (χ2n) is 16.1. The third-order valence-corrected chi connectivity index (χ3v) is 14.7. The minimum absolute atomic E-state index is 0.0433. The van der Waals surface area contributed by atoms with Crippen LogP contribution in [0.2, 0.25) is 0 Å². The van der Waals surface area contributed by atoms with Crippen molar-refractivity contribution in [3.63, 3.8) is 0 Å². The second kappa shape index (κ2) is 23.5. The Bertz CT molecular complexity index is 1320. The molecule has 4 amide bonds. The molecule has 1 aromatic rings. The van der Waals surface area contributed by atoms with Gasteiger partial charge >= 0.3 is 18.0 Å². The van der Waals surface area contributed by atoms with Crippen molar-refractivity contribution in [2.75, 3.05) is 24.6 Å². The van der Waals surface area contributed by atoms with E-state index in [0.717, 1.165) is 139 Å². The highest BCUT2D eigenvalue weighted by Crippen LogP contribution is 2.34. The van der Waals surface area contributed by atoms with Crippen LogP contribution in [0.3, 0.4) is 0 Å². The lowest BCUT2D eigenvalue weighted by Gasteiger charge is -2.22. The molecule has 0 spiro atoms. The van der Waals surface area contributed by atoms with Crippen molar-refractivity contribution in [2.45, 2.75) is 170 Å². The predicted molar refractivity (Wildman–Crippen MR) is 222 cm³/mol. The van der Waals surface area contributed by atoms with Crippen LogP contribution in [0.1, 0.15) is 144 Å². The highest BCUT2D eigenvalue weighted by molar-refractivity contribution is 8.00. The third-order valence-electron chi connectivity index (χ3n) is 11.7. The summed E-state index contributed by atoms with van der Waals surface area (Å²) in [6.07, 6.45) is 19.6. The van der Waals surface area contributed by atoms with Crippen LogP contribution < -0.4 is 21.3 Å². The number of carbonyl (C=O) groups is 5. The fraction of sp³-hybridized carbons (Fsp3) is 0.738. The average molecular weight is 800 g/mol. The minimum Gasteiger partial charge on any atom is -0.478 e. The van der Waals surface area contributed by atoms with Crippen LogP contribution in [-0.2, 0) is 16.1 Å². The number of hydrogen-bond donors (Lipinski definition) is 5. The molecule has 306 valence electrons. The number of urea groups is 2. The largest absolute Gasteiger partial charge is 0.478 e. The first-order chi connectivity index (χ1) is 26.7. The Kier molecular flexibility index (Phi) is 18.5. The Labute approximate surface area is 336 Å². The van der Waals surface area contributed by atoms with E-state index in [1.807, 2.05) is 35.7 Å². The molecule has 13 heteroatoms. The number of amides is 4. The average Bonchev–Trinajstić information content (AvgIpc) is 3.93. The zero-order chi connectivity index (χ0) is 38.8. The smallest absolute Gasteiger partial charge is 0.335 e. The van der Waals surface area contributed by atoms with Crippen molar-refractivity contribution in [3.8, 4) is 0 Å². The Morgan fingerprint density at radius 1 is 0.582 bits per heavy atom. The summed E-state index contributed by atoms with van der Waals surface area (Å²) in [5.41, 5.74) is 1.44. The summed E-state index contributed by atoms with van der Waals surface area (Å²) in [5.74, 6) is 1.81. The van der Waals surface area contributed by atoms with Crippen molar-refractivity contribution < 1.29 is 29.1 Å². The summed E-state index contributed by atoms with van der Waals surface area (Å²) in [6.45, 7) is 2.81. The summed E-state index contributed by atoms with van der Waals surface area (Å²) in [7, 11) is 0. The number of nitrogens with one attached hydrogen (secondary N) is 4. The van der Waals surface area contributed by atoms with Crippen LogP contribution in [0.4, 0.5) is 9.59 Å². The van der Waals surface area contributed by atoms with Gasteiger partial charge in [0.25, 0.3) is 0 Å². The van der Waals surface area contributed by atoms with E-state index in [4.69, 9.17) is 0 Å². The van der Waals surface area contributed by atoms with Crippen LogP contribution in [0.25, 0.3) is 0 Å². The topological polar surface area (TPSA) is 157 Å². The minimum atomic E-state index is -0.904. The van der Waals surface area contributed by atoms with E-state index in [2.05, 4.69) is 26.2 Å². The van der Waals surface area contributed by atoms with E-state index >= 15 is 0 Å². The maximum Gasteiger partial charge on any atom is 0.335 e. The SMILES string of the molecule is O=C(CCCCCCCN(CCCCCCCC(=O)CCCCC1SCC2NC(=O)NC21)Cc1ccc(C(=O)O)cc1)CCCCC1SCC2NC(=O)NC21. The van der Waals surface area contributed by atoms with Crippen molar-refractivity contribution in [1.29, 1.82) is 0 Å². The molecule has 4 aliphatic rings. The summed E-state index contributed by atoms with van der Waals surface area (Å²) in [4.78, 5) is 61.9. The molecule has 0 aliphatic carbocycles. The van der Waals surface area contributed by atoms with E-state index in [0.29, 0.717) is 53.3 Å². The molecule has 0 bridgehead atoms. The van der Waals surface area contributed by atoms with E-state index in [1.165, 1.54) is 0 Å². The monoisotopic (exact) mass is 799 g/mol. The number of thioether (sulfide) groups is 2. The maximum absolute atomic E-state index is 12.5. The number of fused-ring (bicyclic) bond motifs is 2. The standard InChI is InChI=1S/C42H65N5O6S2/c48-32(17-9-11-19-36-38-34(28-54-36)43-41(52)45-38)15-7-3-1-5-13-25-47(27-30-21-23-31(24-22-30)40(50)51)26-14-6-2-4-8-16-33(49)18-10-12-20-37-39-35(29-55-37)44-42(53)46-39/h21-24,34-39H,1-20,25-29H2,(H,50,51)(H2,43,45,52)(H2,44,46,53).